The van der Waals surface area contributed by atoms with Gasteiger partial charge in [0.25, 0.3) is 0 Å². The standard InChI is InChI=1S/C9H19N5OS/c1-10-5-6-14-9(11-12-13-14)16-8-4-2-3-7-15/h10,15H,2-8H2,1H3. The molecular weight excluding hydrogens is 226 g/mol. The minimum atomic E-state index is 0.282. The van der Waals surface area contributed by atoms with E-state index in [0.29, 0.717) is 0 Å². The van der Waals surface area contributed by atoms with Crippen LogP contribution in [0.2, 0.25) is 0 Å². The Morgan fingerprint density at radius 1 is 1.38 bits per heavy atom. The van der Waals surface area contributed by atoms with E-state index in [1.54, 1.807) is 11.8 Å². The molecular formula is C9H19N5OS. The van der Waals surface area contributed by atoms with Crippen molar-refractivity contribution in [2.45, 2.75) is 31.0 Å². The highest BCUT2D eigenvalue weighted by Crippen LogP contribution is 2.15. The molecule has 0 bridgehead atoms. The molecule has 1 rings (SSSR count). The van der Waals surface area contributed by atoms with Gasteiger partial charge in [0, 0.05) is 18.9 Å². The summed E-state index contributed by atoms with van der Waals surface area (Å²) in [4.78, 5) is 0. The van der Waals surface area contributed by atoms with Crippen LogP contribution < -0.4 is 5.32 Å². The van der Waals surface area contributed by atoms with Crippen LogP contribution in [-0.2, 0) is 6.54 Å². The Morgan fingerprint density at radius 3 is 3.00 bits per heavy atom. The zero-order valence-electron chi connectivity index (χ0n) is 9.59. The van der Waals surface area contributed by atoms with E-state index in [0.717, 1.165) is 43.3 Å². The van der Waals surface area contributed by atoms with E-state index in [9.17, 15) is 0 Å². The summed E-state index contributed by atoms with van der Waals surface area (Å²) >= 11 is 1.67. The zero-order valence-corrected chi connectivity index (χ0v) is 10.4. The van der Waals surface area contributed by atoms with Crippen LogP contribution in [0, 0.1) is 0 Å². The van der Waals surface area contributed by atoms with Gasteiger partial charge in [0.1, 0.15) is 0 Å². The average Bonchev–Trinajstić information content (AvgIpc) is 2.74. The number of rotatable bonds is 9. The highest BCUT2D eigenvalue weighted by Gasteiger charge is 2.05. The summed E-state index contributed by atoms with van der Waals surface area (Å²) in [5.41, 5.74) is 0. The topological polar surface area (TPSA) is 75.9 Å². The first-order valence-corrected chi connectivity index (χ1v) is 6.51. The van der Waals surface area contributed by atoms with Crippen molar-refractivity contribution < 1.29 is 5.11 Å². The highest BCUT2D eigenvalue weighted by atomic mass is 32.2. The Balaban J connectivity index is 2.22. The average molecular weight is 245 g/mol. The number of unbranched alkanes of at least 4 members (excludes halogenated alkanes) is 2. The van der Waals surface area contributed by atoms with Gasteiger partial charge in [-0.25, -0.2) is 4.68 Å². The van der Waals surface area contributed by atoms with Gasteiger partial charge < -0.3 is 10.4 Å². The molecule has 92 valence electrons. The first-order valence-electron chi connectivity index (χ1n) is 5.53. The van der Waals surface area contributed by atoms with Crippen LogP contribution in [0.15, 0.2) is 5.16 Å². The molecule has 2 N–H and O–H groups in total. The molecule has 0 saturated heterocycles. The molecule has 0 aliphatic carbocycles. The van der Waals surface area contributed by atoms with Gasteiger partial charge in [0.15, 0.2) is 0 Å². The monoisotopic (exact) mass is 245 g/mol. The van der Waals surface area contributed by atoms with Gasteiger partial charge in [-0.15, -0.1) is 5.10 Å². The van der Waals surface area contributed by atoms with Crippen molar-refractivity contribution in [2.75, 3.05) is 26.0 Å². The largest absolute Gasteiger partial charge is 0.396 e. The molecule has 1 aromatic rings. The SMILES string of the molecule is CNCCn1nnnc1SCCCCCO. The summed E-state index contributed by atoms with van der Waals surface area (Å²) in [5, 5.41) is 24.1. The van der Waals surface area contributed by atoms with Crippen LogP contribution in [-0.4, -0.2) is 51.3 Å². The number of aromatic nitrogens is 4. The Labute approximate surface area is 99.8 Å². The maximum atomic E-state index is 8.64. The van der Waals surface area contributed by atoms with E-state index in [4.69, 9.17) is 5.11 Å². The fraction of sp³-hybridized carbons (Fsp3) is 0.889. The van der Waals surface area contributed by atoms with E-state index in [-0.39, 0.29) is 6.61 Å². The van der Waals surface area contributed by atoms with Crippen molar-refractivity contribution in [3.8, 4) is 0 Å². The molecule has 0 spiro atoms. The molecule has 0 aliphatic heterocycles. The number of likely N-dealkylation sites (N-methyl/N-ethyl adjacent to an activating group) is 1. The van der Waals surface area contributed by atoms with E-state index in [1.807, 2.05) is 11.7 Å². The van der Waals surface area contributed by atoms with Crippen molar-refractivity contribution in [1.82, 2.24) is 25.5 Å². The van der Waals surface area contributed by atoms with E-state index >= 15 is 0 Å². The third-order valence-corrected chi connectivity index (χ3v) is 3.15. The zero-order chi connectivity index (χ0) is 11.6. The fourth-order valence-corrected chi connectivity index (χ4v) is 2.11. The predicted molar refractivity (Wildman–Crippen MR) is 63.4 cm³/mol. The number of aliphatic hydroxyl groups is 1. The Kier molecular flexibility index (Phi) is 7.11. The lowest BCUT2D eigenvalue weighted by molar-refractivity contribution is 0.284. The van der Waals surface area contributed by atoms with Crippen LogP contribution in [0.3, 0.4) is 0 Å². The smallest absolute Gasteiger partial charge is 0.209 e. The summed E-state index contributed by atoms with van der Waals surface area (Å²) < 4.78 is 1.81. The van der Waals surface area contributed by atoms with Gasteiger partial charge in [0.2, 0.25) is 5.16 Å². The van der Waals surface area contributed by atoms with Crippen LogP contribution in [0.1, 0.15) is 19.3 Å². The number of thioether (sulfide) groups is 1. The summed E-state index contributed by atoms with van der Waals surface area (Å²) in [6.07, 6.45) is 3.02. The van der Waals surface area contributed by atoms with Gasteiger partial charge in [-0.3, -0.25) is 0 Å². The first-order chi connectivity index (χ1) is 7.88. The van der Waals surface area contributed by atoms with Gasteiger partial charge in [-0.05, 0) is 30.3 Å². The lowest BCUT2D eigenvalue weighted by Gasteiger charge is -2.03. The summed E-state index contributed by atoms with van der Waals surface area (Å²) in [6, 6.07) is 0. The third kappa shape index (κ3) is 4.91. The number of nitrogens with zero attached hydrogens (tertiary/aromatic N) is 4. The second-order valence-corrected chi connectivity index (χ2v) is 4.48. The maximum absolute atomic E-state index is 8.64. The molecule has 0 aromatic carbocycles. The summed E-state index contributed by atoms with van der Waals surface area (Å²) in [5.74, 6) is 1.000. The fourth-order valence-electron chi connectivity index (χ4n) is 1.21. The van der Waals surface area contributed by atoms with Gasteiger partial charge in [-0.2, -0.15) is 0 Å². The quantitative estimate of drug-likeness (QED) is 0.476. The van der Waals surface area contributed by atoms with Crippen molar-refractivity contribution >= 4 is 11.8 Å². The van der Waals surface area contributed by atoms with Crippen molar-refractivity contribution in [1.29, 1.82) is 0 Å². The van der Waals surface area contributed by atoms with Crippen LogP contribution >= 0.6 is 11.8 Å². The van der Waals surface area contributed by atoms with Crippen LogP contribution in [0.5, 0.6) is 0 Å². The normalized spacial score (nSPS) is 10.9. The van der Waals surface area contributed by atoms with Gasteiger partial charge in [-0.1, -0.05) is 18.2 Å². The Bertz CT molecular complexity index is 281. The van der Waals surface area contributed by atoms with Crippen molar-refractivity contribution in [3.05, 3.63) is 0 Å². The van der Waals surface area contributed by atoms with Crippen molar-refractivity contribution in [2.24, 2.45) is 0 Å². The minimum absolute atomic E-state index is 0.282. The summed E-state index contributed by atoms with van der Waals surface area (Å²) in [7, 11) is 1.91. The molecule has 16 heavy (non-hydrogen) atoms. The van der Waals surface area contributed by atoms with Crippen LogP contribution in [0.25, 0.3) is 0 Å². The molecule has 0 fully saturated rings. The molecule has 0 unspecified atom stereocenters. The number of nitrogens with one attached hydrogen (secondary N) is 1. The maximum Gasteiger partial charge on any atom is 0.209 e. The predicted octanol–water partition coefficient (Wildman–Crippen LogP) is 0.147. The van der Waals surface area contributed by atoms with E-state index < -0.39 is 0 Å². The second kappa shape index (κ2) is 8.49. The number of tetrazole rings is 1. The number of hydrogen-bond donors (Lipinski definition) is 2. The molecule has 0 saturated carbocycles. The Hall–Kier alpha value is -0.660. The lowest BCUT2D eigenvalue weighted by atomic mass is 10.3. The molecule has 6 nitrogen and oxygen atoms in total. The van der Waals surface area contributed by atoms with Crippen LogP contribution in [0.4, 0.5) is 0 Å². The molecule has 0 amide bonds. The summed E-state index contributed by atoms with van der Waals surface area (Å²) in [6.45, 7) is 1.94. The third-order valence-electron chi connectivity index (χ3n) is 2.11. The van der Waals surface area contributed by atoms with Gasteiger partial charge in [0.05, 0.1) is 6.54 Å². The van der Waals surface area contributed by atoms with Gasteiger partial charge >= 0.3 is 0 Å². The first kappa shape index (κ1) is 13.4. The molecule has 1 heterocycles. The molecule has 0 atom stereocenters. The highest BCUT2D eigenvalue weighted by molar-refractivity contribution is 7.99. The lowest BCUT2D eigenvalue weighted by Crippen LogP contribution is -2.16. The Morgan fingerprint density at radius 2 is 2.25 bits per heavy atom. The van der Waals surface area contributed by atoms with E-state index in [2.05, 4.69) is 20.8 Å². The molecule has 7 heteroatoms. The minimum Gasteiger partial charge on any atom is -0.396 e. The molecule has 0 radical (unpaired) electrons. The second-order valence-electron chi connectivity index (χ2n) is 3.42. The van der Waals surface area contributed by atoms with Crippen molar-refractivity contribution in [3.63, 3.8) is 0 Å². The number of hydrogen-bond acceptors (Lipinski definition) is 6. The molecule has 1 aromatic heterocycles. The molecule has 0 aliphatic rings. The number of aliphatic hydroxyl groups excluding tert-OH is 1. The van der Waals surface area contributed by atoms with E-state index in [1.165, 1.54) is 0 Å².